The Morgan fingerprint density at radius 1 is 1.15 bits per heavy atom. The van der Waals surface area contributed by atoms with E-state index in [4.69, 9.17) is 9.15 Å². The average Bonchev–Trinajstić information content (AvgIpc) is 3.39. The molecular formula is C24H18BrIN2O6. The number of benzene rings is 2. The zero-order valence-corrected chi connectivity index (χ0v) is 21.6. The van der Waals surface area contributed by atoms with Gasteiger partial charge in [0.15, 0.2) is 0 Å². The zero-order valence-electron chi connectivity index (χ0n) is 17.8. The topological polar surface area (TPSA) is 98.1 Å². The average molecular weight is 637 g/mol. The molecule has 0 spiro atoms. The van der Waals surface area contributed by atoms with Crippen molar-refractivity contribution in [1.29, 1.82) is 0 Å². The number of hydrogen-bond donors (Lipinski definition) is 1. The van der Waals surface area contributed by atoms with Crippen LogP contribution < -0.4 is 10.1 Å². The van der Waals surface area contributed by atoms with Crippen LogP contribution in [0, 0.1) is 3.57 Å². The number of rotatable bonds is 7. The highest BCUT2D eigenvalue weighted by atomic mass is 127. The fourth-order valence-corrected chi connectivity index (χ4v) is 4.14. The van der Waals surface area contributed by atoms with Crippen LogP contribution in [0.25, 0.3) is 6.08 Å². The standard InChI is InChI=1S/C24H18BrIN2O6/c1-32-23(30)21-9-7-17(34-21)12-28-22(29)19(27-24(28)31)11-15-4-8-20(18(26)10-15)33-13-14-2-5-16(25)6-3-14/h2-11H,12-13H2,1H3,(H,27,31)/b19-11-. The van der Waals surface area contributed by atoms with Gasteiger partial charge < -0.3 is 19.2 Å². The fourth-order valence-electron chi connectivity index (χ4n) is 3.18. The third-order valence-corrected chi connectivity index (χ3v) is 6.27. The molecule has 10 heteroatoms. The van der Waals surface area contributed by atoms with Crippen LogP contribution in [0.3, 0.4) is 0 Å². The first kappa shape index (κ1) is 24.0. The number of esters is 1. The summed E-state index contributed by atoms with van der Waals surface area (Å²) in [6.07, 6.45) is 1.60. The van der Waals surface area contributed by atoms with Gasteiger partial charge >= 0.3 is 12.0 Å². The molecule has 0 radical (unpaired) electrons. The summed E-state index contributed by atoms with van der Waals surface area (Å²) < 4.78 is 17.7. The van der Waals surface area contributed by atoms with Gasteiger partial charge in [0.1, 0.15) is 23.8 Å². The van der Waals surface area contributed by atoms with Crippen LogP contribution >= 0.6 is 38.5 Å². The molecule has 2 heterocycles. The SMILES string of the molecule is COC(=O)c1ccc(CN2C(=O)N/C(=C\c3ccc(OCc4ccc(Br)cc4)c(I)c3)C2=O)o1. The lowest BCUT2D eigenvalue weighted by molar-refractivity contribution is -0.123. The molecule has 0 unspecified atom stereocenters. The number of nitrogens with one attached hydrogen (secondary N) is 1. The summed E-state index contributed by atoms with van der Waals surface area (Å²) in [5.41, 5.74) is 1.92. The van der Waals surface area contributed by atoms with Gasteiger partial charge in [0.05, 0.1) is 17.2 Å². The van der Waals surface area contributed by atoms with Crippen molar-refractivity contribution in [3.05, 3.63) is 91.0 Å². The van der Waals surface area contributed by atoms with Gasteiger partial charge in [-0.15, -0.1) is 0 Å². The molecule has 1 N–H and O–H groups in total. The Hall–Kier alpha value is -3.12. The Kier molecular flexibility index (Phi) is 7.37. The molecule has 8 nitrogen and oxygen atoms in total. The van der Waals surface area contributed by atoms with Gasteiger partial charge in [-0.2, -0.15) is 0 Å². The fraction of sp³-hybridized carbons (Fsp3) is 0.125. The molecular weight excluding hydrogens is 619 g/mol. The Balaban J connectivity index is 1.43. The number of ether oxygens (including phenoxy) is 2. The van der Waals surface area contributed by atoms with Crippen LogP contribution in [-0.4, -0.2) is 29.9 Å². The van der Waals surface area contributed by atoms with Crippen LogP contribution in [0.2, 0.25) is 0 Å². The highest BCUT2D eigenvalue weighted by molar-refractivity contribution is 14.1. The molecule has 0 atom stereocenters. The highest BCUT2D eigenvalue weighted by Crippen LogP contribution is 2.25. The molecule has 1 aromatic heterocycles. The Bertz CT molecular complexity index is 1280. The summed E-state index contributed by atoms with van der Waals surface area (Å²) in [5, 5.41) is 2.58. The molecule has 3 amide bonds. The first-order chi connectivity index (χ1) is 16.3. The first-order valence-electron chi connectivity index (χ1n) is 10.0. The van der Waals surface area contributed by atoms with E-state index >= 15 is 0 Å². The molecule has 2 aromatic carbocycles. The van der Waals surface area contributed by atoms with Crippen LogP contribution in [0.1, 0.15) is 27.4 Å². The van der Waals surface area contributed by atoms with E-state index in [0.29, 0.717) is 12.4 Å². The smallest absolute Gasteiger partial charge is 0.373 e. The third-order valence-electron chi connectivity index (χ3n) is 4.90. The quantitative estimate of drug-likeness (QED) is 0.168. The van der Waals surface area contributed by atoms with Crippen molar-refractivity contribution < 1.29 is 28.3 Å². The number of carbonyl (C=O) groups is 3. The zero-order chi connectivity index (χ0) is 24.2. The number of imide groups is 1. The van der Waals surface area contributed by atoms with E-state index in [1.807, 2.05) is 42.5 Å². The number of nitrogens with zero attached hydrogens (tertiary/aromatic N) is 1. The number of furan rings is 1. The van der Waals surface area contributed by atoms with Gasteiger partial charge in [0, 0.05) is 4.47 Å². The summed E-state index contributed by atoms with van der Waals surface area (Å²) >= 11 is 5.58. The van der Waals surface area contributed by atoms with Crippen molar-refractivity contribution in [2.75, 3.05) is 7.11 Å². The van der Waals surface area contributed by atoms with E-state index in [0.717, 1.165) is 24.1 Å². The predicted molar refractivity (Wildman–Crippen MR) is 135 cm³/mol. The maximum absolute atomic E-state index is 12.8. The van der Waals surface area contributed by atoms with E-state index in [2.05, 4.69) is 48.6 Å². The number of methoxy groups -OCH3 is 1. The molecule has 4 rings (SSSR count). The predicted octanol–water partition coefficient (Wildman–Crippen LogP) is 5.11. The second-order valence-electron chi connectivity index (χ2n) is 7.24. The van der Waals surface area contributed by atoms with Crippen molar-refractivity contribution in [2.45, 2.75) is 13.2 Å². The Morgan fingerprint density at radius 2 is 1.91 bits per heavy atom. The lowest BCUT2D eigenvalue weighted by atomic mass is 10.2. The minimum atomic E-state index is -0.636. The number of amides is 3. The van der Waals surface area contributed by atoms with E-state index in [-0.39, 0.29) is 23.8 Å². The van der Waals surface area contributed by atoms with Gasteiger partial charge in [0.25, 0.3) is 5.91 Å². The van der Waals surface area contributed by atoms with E-state index in [1.165, 1.54) is 19.2 Å². The van der Waals surface area contributed by atoms with Gasteiger partial charge in [-0.05, 0) is 76.2 Å². The number of carbonyl (C=O) groups excluding carboxylic acids is 3. The normalized spacial score (nSPS) is 14.4. The maximum atomic E-state index is 12.8. The maximum Gasteiger partial charge on any atom is 0.373 e. The van der Waals surface area contributed by atoms with Gasteiger partial charge in [-0.1, -0.05) is 34.1 Å². The van der Waals surface area contributed by atoms with E-state index < -0.39 is 17.9 Å². The molecule has 1 aliphatic heterocycles. The second kappa shape index (κ2) is 10.4. The van der Waals surface area contributed by atoms with Crippen molar-refractivity contribution in [3.63, 3.8) is 0 Å². The molecule has 174 valence electrons. The number of urea groups is 1. The van der Waals surface area contributed by atoms with Crippen LogP contribution in [0.5, 0.6) is 5.75 Å². The molecule has 1 aliphatic rings. The first-order valence-corrected chi connectivity index (χ1v) is 11.9. The van der Waals surface area contributed by atoms with E-state index in [9.17, 15) is 14.4 Å². The summed E-state index contributed by atoms with van der Waals surface area (Å²) in [7, 11) is 1.24. The Morgan fingerprint density at radius 3 is 2.62 bits per heavy atom. The molecule has 3 aromatic rings. The van der Waals surface area contributed by atoms with Crippen LogP contribution in [-0.2, 0) is 22.7 Å². The van der Waals surface area contributed by atoms with Crippen LogP contribution in [0.15, 0.2) is 69.2 Å². The summed E-state index contributed by atoms with van der Waals surface area (Å²) in [6.45, 7) is 0.317. The molecule has 0 aliphatic carbocycles. The van der Waals surface area contributed by atoms with Gasteiger partial charge in [-0.25, -0.2) is 9.59 Å². The largest absolute Gasteiger partial charge is 0.488 e. The van der Waals surface area contributed by atoms with Crippen molar-refractivity contribution in [2.24, 2.45) is 0 Å². The summed E-state index contributed by atoms with van der Waals surface area (Å²) in [6, 6.07) is 15.7. The molecule has 1 fully saturated rings. The van der Waals surface area contributed by atoms with E-state index in [1.54, 1.807) is 6.08 Å². The lowest BCUT2D eigenvalue weighted by Crippen LogP contribution is -2.30. The van der Waals surface area contributed by atoms with Crippen molar-refractivity contribution in [3.8, 4) is 5.75 Å². The van der Waals surface area contributed by atoms with Gasteiger partial charge in [-0.3, -0.25) is 9.69 Å². The number of hydrogen-bond acceptors (Lipinski definition) is 6. The minimum absolute atomic E-state index is 0.00246. The highest BCUT2D eigenvalue weighted by Gasteiger charge is 2.34. The van der Waals surface area contributed by atoms with Crippen LogP contribution in [0.4, 0.5) is 4.79 Å². The van der Waals surface area contributed by atoms with Crippen molar-refractivity contribution >= 4 is 62.5 Å². The summed E-state index contributed by atoms with van der Waals surface area (Å²) in [4.78, 5) is 37.6. The minimum Gasteiger partial charge on any atom is -0.488 e. The molecule has 1 saturated heterocycles. The monoisotopic (exact) mass is 636 g/mol. The van der Waals surface area contributed by atoms with Gasteiger partial charge in [0.2, 0.25) is 5.76 Å². The summed E-state index contributed by atoms with van der Waals surface area (Å²) in [5.74, 6) is -0.132. The Labute approximate surface area is 217 Å². The second-order valence-corrected chi connectivity index (χ2v) is 9.32. The molecule has 0 bridgehead atoms. The lowest BCUT2D eigenvalue weighted by Gasteiger charge is -2.10. The van der Waals surface area contributed by atoms with Crippen molar-refractivity contribution in [1.82, 2.24) is 10.2 Å². The number of halogens is 2. The molecule has 0 saturated carbocycles. The molecule has 34 heavy (non-hydrogen) atoms. The third kappa shape index (κ3) is 5.50.